The van der Waals surface area contributed by atoms with Crippen LogP contribution < -0.4 is 0 Å². The van der Waals surface area contributed by atoms with Crippen LogP contribution in [0.15, 0.2) is 41.7 Å². The van der Waals surface area contributed by atoms with Crippen molar-refractivity contribution in [3.8, 4) is 5.69 Å². The molecule has 1 aromatic carbocycles. The van der Waals surface area contributed by atoms with E-state index in [-0.39, 0.29) is 0 Å². The van der Waals surface area contributed by atoms with Crippen molar-refractivity contribution in [2.75, 3.05) is 0 Å². The highest BCUT2D eigenvalue weighted by Crippen LogP contribution is 2.28. The van der Waals surface area contributed by atoms with Crippen LogP contribution in [0.4, 0.5) is 0 Å². The molecule has 0 saturated heterocycles. The van der Waals surface area contributed by atoms with Crippen LogP contribution in [0, 0.1) is 0 Å². The predicted molar refractivity (Wildman–Crippen MR) is 82.0 cm³/mol. The van der Waals surface area contributed by atoms with Gasteiger partial charge in [0.1, 0.15) is 16.6 Å². The van der Waals surface area contributed by atoms with Gasteiger partial charge in [0.2, 0.25) is 0 Å². The summed E-state index contributed by atoms with van der Waals surface area (Å²) in [5.41, 5.74) is 1.91. The molecular weight excluding hydrogens is 302 g/mol. The number of hydrogen-bond donors (Lipinski definition) is 1. The second kappa shape index (κ2) is 6.10. The fourth-order valence-corrected chi connectivity index (χ4v) is 2.89. The van der Waals surface area contributed by atoms with Crippen LogP contribution >= 0.6 is 11.8 Å². The van der Waals surface area contributed by atoms with Gasteiger partial charge >= 0.3 is 5.97 Å². The van der Waals surface area contributed by atoms with Gasteiger partial charge in [-0.2, -0.15) is 4.68 Å². The second-order valence-corrected chi connectivity index (χ2v) is 5.73. The number of nitrogens with zero attached hydrogens (tertiary/aromatic N) is 5. The first kappa shape index (κ1) is 14.5. The quantitative estimate of drug-likeness (QED) is 0.569. The van der Waals surface area contributed by atoms with E-state index in [1.54, 1.807) is 4.68 Å². The van der Waals surface area contributed by atoms with Gasteiger partial charge in [0.05, 0.1) is 5.69 Å². The first-order chi connectivity index (χ1) is 10.7. The van der Waals surface area contributed by atoms with E-state index in [1.807, 2.05) is 37.3 Å². The molecule has 0 aliphatic rings. The normalized spacial score (nSPS) is 12.4. The van der Waals surface area contributed by atoms with Crippen LogP contribution in [0.1, 0.15) is 13.3 Å². The summed E-state index contributed by atoms with van der Waals surface area (Å²) in [5, 5.41) is 17.4. The number of fused-ring (bicyclic) bond motifs is 1. The van der Waals surface area contributed by atoms with Crippen molar-refractivity contribution in [2.24, 2.45) is 0 Å². The summed E-state index contributed by atoms with van der Waals surface area (Å²) in [6, 6.07) is 9.51. The van der Waals surface area contributed by atoms with Crippen LogP contribution in [-0.2, 0) is 4.79 Å². The lowest BCUT2D eigenvalue weighted by molar-refractivity contribution is -0.136. The highest BCUT2D eigenvalue weighted by Gasteiger charge is 2.21. The number of para-hydroxylation sites is 1. The number of carboxylic acid groups (broad SMARTS) is 1. The zero-order valence-corrected chi connectivity index (χ0v) is 12.6. The van der Waals surface area contributed by atoms with Crippen molar-refractivity contribution in [3.05, 3.63) is 36.7 Å². The highest BCUT2D eigenvalue weighted by atomic mass is 32.2. The van der Waals surface area contributed by atoms with E-state index < -0.39 is 11.2 Å². The van der Waals surface area contributed by atoms with Crippen molar-refractivity contribution in [1.82, 2.24) is 25.0 Å². The van der Waals surface area contributed by atoms with Crippen LogP contribution in [0.5, 0.6) is 0 Å². The smallest absolute Gasteiger partial charge is 0.317 e. The van der Waals surface area contributed by atoms with Crippen LogP contribution in [-0.4, -0.2) is 41.3 Å². The summed E-state index contributed by atoms with van der Waals surface area (Å²) in [6.07, 6.45) is 1.90. The van der Waals surface area contributed by atoms with E-state index in [0.717, 1.165) is 5.69 Å². The minimum Gasteiger partial charge on any atom is -0.480 e. The molecule has 8 heteroatoms. The Hall–Kier alpha value is -2.48. The predicted octanol–water partition coefficient (Wildman–Crippen LogP) is 2.17. The van der Waals surface area contributed by atoms with Gasteiger partial charge < -0.3 is 5.11 Å². The van der Waals surface area contributed by atoms with Gasteiger partial charge in [-0.05, 0) is 18.6 Å². The van der Waals surface area contributed by atoms with E-state index >= 15 is 0 Å². The molecule has 1 N–H and O–H groups in total. The number of aliphatic carboxylic acids is 1. The Morgan fingerprint density at radius 1 is 1.32 bits per heavy atom. The maximum Gasteiger partial charge on any atom is 0.317 e. The van der Waals surface area contributed by atoms with Gasteiger partial charge in [-0.1, -0.05) is 42.1 Å². The summed E-state index contributed by atoms with van der Waals surface area (Å²) >= 11 is 1.17. The topological polar surface area (TPSA) is 93.8 Å². The van der Waals surface area contributed by atoms with E-state index in [4.69, 9.17) is 0 Å². The van der Waals surface area contributed by atoms with Crippen molar-refractivity contribution in [3.63, 3.8) is 0 Å². The summed E-state index contributed by atoms with van der Waals surface area (Å²) in [4.78, 5) is 19.6. The SMILES string of the molecule is CC[C@@H](Sc1ncnc2c1nnn2-c1ccccc1)C(=O)O. The Bertz CT molecular complexity index is 805. The molecule has 7 nitrogen and oxygen atoms in total. The Morgan fingerprint density at radius 3 is 2.77 bits per heavy atom. The molecule has 2 heterocycles. The van der Waals surface area contributed by atoms with Crippen LogP contribution in [0.2, 0.25) is 0 Å². The number of carbonyl (C=O) groups is 1. The Kier molecular flexibility index (Phi) is 4.01. The van der Waals surface area contributed by atoms with Crippen molar-refractivity contribution >= 4 is 28.9 Å². The highest BCUT2D eigenvalue weighted by molar-refractivity contribution is 8.00. The molecule has 112 valence electrons. The van der Waals surface area contributed by atoms with E-state index in [0.29, 0.717) is 22.6 Å². The largest absolute Gasteiger partial charge is 0.480 e. The molecule has 22 heavy (non-hydrogen) atoms. The third kappa shape index (κ3) is 2.64. The molecule has 2 aromatic heterocycles. The fraction of sp³-hybridized carbons (Fsp3) is 0.214. The molecule has 0 amide bonds. The van der Waals surface area contributed by atoms with Crippen LogP contribution in [0.25, 0.3) is 16.9 Å². The summed E-state index contributed by atoms with van der Waals surface area (Å²) in [5.74, 6) is -0.866. The second-order valence-electron chi connectivity index (χ2n) is 4.54. The lowest BCUT2D eigenvalue weighted by Gasteiger charge is -2.08. The number of rotatable bonds is 5. The van der Waals surface area contributed by atoms with Crippen molar-refractivity contribution in [2.45, 2.75) is 23.6 Å². The molecule has 3 aromatic rings. The average molecular weight is 315 g/mol. The number of benzene rings is 1. The van der Waals surface area contributed by atoms with Gasteiger partial charge in [-0.25, -0.2) is 9.97 Å². The monoisotopic (exact) mass is 315 g/mol. The van der Waals surface area contributed by atoms with E-state index in [2.05, 4.69) is 20.3 Å². The minimum absolute atomic E-state index is 0.498. The average Bonchev–Trinajstić information content (AvgIpc) is 2.98. The lowest BCUT2D eigenvalue weighted by Crippen LogP contribution is -2.15. The summed E-state index contributed by atoms with van der Waals surface area (Å²) in [7, 11) is 0. The first-order valence-corrected chi connectivity index (χ1v) is 7.60. The molecule has 0 aliphatic heterocycles. The van der Waals surface area contributed by atoms with Gasteiger partial charge in [0.25, 0.3) is 0 Å². The molecule has 0 spiro atoms. The summed E-state index contributed by atoms with van der Waals surface area (Å²) in [6.45, 7) is 1.82. The zero-order chi connectivity index (χ0) is 15.5. The van der Waals surface area contributed by atoms with Gasteiger partial charge in [0.15, 0.2) is 11.2 Å². The summed E-state index contributed by atoms with van der Waals surface area (Å²) < 4.78 is 1.61. The number of thioether (sulfide) groups is 1. The zero-order valence-electron chi connectivity index (χ0n) is 11.7. The van der Waals surface area contributed by atoms with Gasteiger partial charge in [-0.3, -0.25) is 4.79 Å². The lowest BCUT2D eigenvalue weighted by atomic mass is 10.3. The first-order valence-electron chi connectivity index (χ1n) is 6.72. The molecule has 0 fully saturated rings. The fourth-order valence-electron chi connectivity index (χ4n) is 2.00. The molecule has 0 saturated carbocycles. The van der Waals surface area contributed by atoms with E-state index in [9.17, 15) is 9.90 Å². The standard InChI is InChI=1S/C14H13N5O2S/c1-2-10(14(20)21)22-13-11-12(15-8-16-13)19(18-17-11)9-6-4-3-5-7-9/h3-8,10H,2H2,1H3,(H,20,21)/t10-/m1/s1. The minimum atomic E-state index is -0.866. The Balaban J connectivity index is 2.04. The van der Waals surface area contributed by atoms with Gasteiger partial charge in [-0.15, -0.1) is 5.10 Å². The van der Waals surface area contributed by atoms with Crippen LogP contribution in [0.3, 0.4) is 0 Å². The van der Waals surface area contributed by atoms with Crippen molar-refractivity contribution in [1.29, 1.82) is 0 Å². The maximum absolute atomic E-state index is 11.2. The number of carboxylic acids is 1. The molecule has 1 atom stereocenters. The molecule has 0 radical (unpaired) electrons. The molecular formula is C14H13N5O2S. The Morgan fingerprint density at radius 2 is 2.09 bits per heavy atom. The van der Waals surface area contributed by atoms with Crippen molar-refractivity contribution < 1.29 is 9.90 Å². The van der Waals surface area contributed by atoms with Gasteiger partial charge in [0, 0.05) is 0 Å². The number of aromatic nitrogens is 5. The van der Waals surface area contributed by atoms with E-state index in [1.165, 1.54) is 18.1 Å². The maximum atomic E-state index is 11.2. The Labute approximate surface area is 130 Å². The molecule has 0 aliphatic carbocycles. The number of hydrogen-bond acceptors (Lipinski definition) is 6. The molecule has 0 unspecified atom stereocenters. The third-order valence-electron chi connectivity index (χ3n) is 3.11. The third-order valence-corrected chi connectivity index (χ3v) is 4.45. The molecule has 0 bridgehead atoms. The molecule has 3 rings (SSSR count).